The number of carbonyl (C=O) groups excluding carboxylic acids is 1. The second-order valence-electron chi connectivity index (χ2n) is 6.71. The fourth-order valence-electron chi connectivity index (χ4n) is 3.22. The fourth-order valence-corrected chi connectivity index (χ4v) is 3.22. The van der Waals surface area contributed by atoms with Crippen LogP contribution in [0.4, 0.5) is 0 Å². The summed E-state index contributed by atoms with van der Waals surface area (Å²) in [4.78, 5) is 15.9. The molecule has 132 valence electrons. The topological polar surface area (TPSA) is 57.0 Å². The van der Waals surface area contributed by atoms with Gasteiger partial charge in [0.25, 0.3) is 0 Å². The average molecular weight is 347 g/mol. The second kappa shape index (κ2) is 7.12. The van der Waals surface area contributed by atoms with E-state index in [1.807, 2.05) is 47.1 Å². The van der Waals surface area contributed by atoms with E-state index < -0.39 is 0 Å². The summed E-state index contributed by atoms with van der Waals surface area (Å²) in [6.45, 7) is 0.865. The molecule has 0 radical (unpaired) electrons. The van der Waals surface area contributed by atoms with Gasteiger partial charge >= 0.3 is 0 Å². The van der Waals surface area contributed by atoms with E-state index in [1.54, 1.807) is 13.2 Å². The first-order valence-corrected chi connectivity index (χ1v) is 8.91. The Kier molecular flexibility index (Phi) is 4.52. The summed E-state index contributed by atoms with van der Waals surface area (Å²) < 4.78 is 7.22. The summed E-state index contributed by atoms with van der Waals surface area (Å²) >= 11 is 0. The third-order valence-electron chi connectivity index (χ3n) is 4.96. The monoisotopic (exact) mass is 347 g/mol. The van der Waals surface area contributed by atoms with Crippen LogP contribution in [0.25, 0.3) is 22.8 Å². The van der Waals surface area contributed by atoms with Gasteiger partial charge in [-0.2, -0.15) is 5.10 Å². The summed E-state index contributed by atoms with van der Waals surface area (Å²) in [7, 11) is 1.65. The van der Waals surface area contributed by atoms with Crippen LogP contribution in [0.2, 0.25) is 0 Å². The molecule has 5 heteroatoms. The van der Waals surface area contributed by atoms with Gasteiger partial charge in [0, 0.05) is 23.2 Å². The van der Waals surface area contributed by atoms with Crippen molar-refractivity contribution in [3.8, 4) is 28.5 Å². The smallest absolute Gasteiger partial charge is 0.181 e. The Labute approximate surface area is 152 Å². The summed E-state index contributed by atoms with van der Waals surface area (Å²) in [5.41, 5.74) is 2.51. The molecule has 0 saturated heterocycles. The van der Waals surface area contributed by atoms with Crippen LogP contribution in [-0.4, -0.2) is 28.2 Å². The molecule has 1 aliphatic carbocycles. The Bertz CT molecular complexity index is 911. The van der Waals surface area contributed by atoms with Crippen LogP contribution in [0, 0.1) is 5.92 Å². The molecular formula is C21H21N3O2. The van der Waals surface area contributed by atoms with E-state index >= 15 is 0 Å². The minimum absolute atomic E-state index is 0.645. The lowest BCUT2D eigenvalue weighted by atomic mass is 9.85. The van der Waals surface area contributed by atoms with Crippen molar-refractivity contribution in [2.75, 3.05) is 7.11 Å². The third kappa shape index (κ3) is 3.25. The zero-order chi connectivity index (χ0) is 17.9. The van der Waals surface area contributed by atoms with Crippen molar-refractivity contribution in [2.45, 2.75) is 25.8 Å². The predicted octanol–water partition coefficient (Wildman–Crippen LogP) is 4.23. The van der Waals surface area contributed by atoms with Crippen LogP contribution in [-0.2, 0) is 6.54 Å². The normalized spacial score (nSPS) is 14.0. The van der Waals surface area contributed by atoms with Gasteiger partial charge in [-0.05, 0) is 49.1 Å². The fraction of sp³-hybridized carbons (Fsp3) is 0.286. The summed E-state index contributed by atoms with van der Waals surface area (Å²) in [5.74, 6) is 2.97. The number of hydrogen-bond acceptors (Lipinski definition) is 4. The van der Waals surface area contributed by atoms with Crippen molar-refractivity contribution >= 4 is 6.29 Å². The Hall–Kier alpha value is -2.95. The number of ether oxygens (including phenoxy) is 1. The standard InChI is InChI=1S/C21H21N3O2/c1-26-19-10-8-17(9-11-19)20-22-21(18-7-3-6-16(12-18)14-25)24(23-20)13-15-4-2-5-15/h3,6-12,14-15H,2,4-5,13H2,1H3. The van der Waals surface area contributed by atoms with Crippen molar-refractivity contribution in [1.82, 2.24) is 14.8 Å². The van der Waals surface area contributed by atoms with Crippen molar-refractivity contribution in [3.05, 3.63) is 54.1 Å². The lowest BCUT2D eigenvalue weighted by molar-refractivity contribution is 0.112. The maximum absolute atomic E-state index is 11.1. The van der Waals surface area contributed by atoms with Crippen molar-refractivity contribution in [3.63, 3.8) is 0 Å². The van der Waals surface area contributed by atoms with Crippen LogP contribution in [0.3, 0.4) is 0 Å². The van der Waals surface area contributed by atoms with Crippen LogP contribution >= 0.6 is 0 Å². The van der Waals surface area contributed by atoms with Crippen LogP contribution in [0.5, 0.6) is 5.75 Å². The van der Waals surface area contributed by atoms with E-state index in [9.17, 15) is 4.79 Å². The Balaban J connectivity index is 1.74. The van der Waals surface area contributed by atoms with E-state index in [0.717, 1.165) is 35.5 Å². The molecule has 1 aliphatic rings. The van der Waals surface area contributed by atoms with Gasteiger partial charge in [-0.15, -0.1) is 0 Å². The van der Waals surface area contributed by atoms with E-state index in [-0.39, 0.29) is 0 Å². The molecule has 0 N–H and O–H groups in total. The van der Waals surface area contributed by atoms with Crippen LogP contribution < -0.4 is 4.74 Å². The van der Waals surface area contributed by atoms with Gasteiger partial charge in [0.05, 0.1) is 7.11 Å². The molecule has 0 bridgehead atoms. The summed E-state index contributed by atoms with van der Waals surface area (Å²) in [6, 6.07) is 15.3. The number of rotatable bonds is 6. The van der Waals surface area contributed by atoms with Crippen molar-refractivity contribution in [1.29, 1.82) is 0 Å². The number of nitrogens with zero attached hydrogens (tertiary/aromatic N) is 3. The Morgan fingerprint density at radius 3 is 2.62 bits per heavy atom. The molecule has 1 saturated carbocycles. The van der Waals surface area contributed by atoms with E-state index in [2.05, 4.69) is 0 Å². The molecule has 1 aromatic heterocycles. The van der Waals surface area contributed by atoms with Gasteiger partial charge in [-0.3, -0.25) is 4.79 Å². The molecule has 0 atom stereocenters. The number of methoxy groups -OCH3 is 1. The number of benzene rings is 2. The molecule has 0 amide bonds. The Morgan fingerprint density at radius 2 is 1.96 bits per heavy atom. The van der Waals surface area contributed by atoms with Gasteiger partial charge in [0.2, 0.25) is 0 Å². The molecule has 5 nitrogen and oxygen atoms in total. The highest BCUT2D eigenvalue weighted by molar-refractivity contribution is 5.78. The lowest BCUT2D eigenvalue weighted by Gasteiger charge is -2.25. The average Bonchev–Trinajstić information content (AvgIpc) is 3.09. The summed E-state index contributed by atoms with van der Waals surface area (Å²) in [5, 5.41) is 4.77. The largest absolute Gasteiger partial charge is 0.497 e. The minimum Gasteiger partial charge on any atom is -0.497 e. The molecule has 2 aromatic carbocycles. The molecule has 4 rings (SSSR count). The predicted molar refractivity (Wildman–Crippen MR) is 100 cm³/mol. The molecule has 26 heavy (non-hydrogen) atoms. The van der Waals surface area contributed by atoms with Crippen LogP contribution in [0.1, 0.15) is 29.6 Å². The Morgan fingerprint density at radius 1 is 1.15 bits per heavy atom. The van der Waals surface area contributed by atoms with Crippen molar-refractivity contribution < 1.29 is 9.53 Å². The molecule has 1 fully saturated rings. The van der Waals surface area contributed by atoms with Crippen LogP contribution in [0.15, 0.2) is 48.5 Å². The van der Waals surface area contributed by atoms with Gasteiger partial charge in [-0.25, -0.2) is 9.67 Å². The summed E-state index contributed by atoms with van der Waals surface area (Å²) in [6.07, 6.45) is 4.64. The molecule has 3 aromatic rings. The zero-order valence-electron chi connectivity index (χ0n) is 14.8. The van der Waals surface area contributed by atoms with E-state index in [1.165, 1.54) is 19.3 Å². The molecule has 1 heterocycles. The maximum Gasteiger partial charge on any atom is 0.181 e. The maximum atomic E-state index is 11.1. The van der Waals surface area contributed by atoms with Crippen molar-refractivity contribution in [2.24, 2.45) is 5.92 Å². The number of carbonyl (C=O) groups is 1. The van der Waals surface area contributed by atoms with Gasteiger partial charge in [0.15, 0.2) is 11.6 Å². The highest BCUT2D eigenvalue weighted by atomic mass is 16.5. The van der Waals surface area contributed by atoms with Gasteiger partial charge < -0.3 is 4.74 Å². The SMILES string of the molecule is COc1ccc(-c2nc(-c3cccc(C=O)c3)n(CC3CCC3)n2)cc1. The number of aromatic nitrogens is 3. The highest BCUT2D eigenvalue weighted by Crippen LogP contribution is 2.31. The lowest BCUT2D eigenvalue weighted by Crippen LogP contribution is -2.19. The third-order valence-corrected chi connectivity index (χ3v) is 4.96. The van der Waals surface area contributed by atoms with E-state index in [0.29, 0.717) is 17.3 Å². The van der Waals surface area contributed by atoms with Gasteiger partial charge in [-0.1, -0.05) is 24.6 Å². The zero-order valence-corrected chi connectivity index (χ0v) is 14.8. The molecule has 0 aliphatic heterocycles. The second-order valence-corrected chi connectivity index (χ2v) is 6.71. The molecular weight excluding hydrogens is 326 g/mol. The first-order valence-electron chi connectivity index (χ1n) is 8.91. The van der Waals surface area contributed by atoms with E-state index in [4.69, 9.17) is 14.8 Å². The highest BCUT2D eigenvalue weighted by Gasteiger charge is 2.22. The minimum atomic E-state index is 0.645. The number of aldehydes is 1. The van der Waals surface area contributed by atoms with Gasteiger partial charge in [0.1, 0.15) is 12.0 Å². The number of hydrogen-bond donors (Lipinski definition) is 0. The molecule has 0 unspecified atom stereocenters. The molecule has 0 spiro atoms. The first kappa shape index (κ1) is 16.5. The first-order chi connectivity index (χ1) is 12.8. The quantitative estimate of drug-likeness (QED) is 0.626.